The molecule has 4 aromatic carbocycles. The second-order valence-corrected chi connectivity index (χ2v) is 11.7. The lowest BCUT2D eigenvalue weighted by molar-refractivity contribution is -0.0902. The zero-order valence-electron chi connectivity index (χ0n) is 26.3. The molecule has 1 unspecified atom stereocenters. The molecule has 2 N–H and O–H groups in total. The predicted octanol–water partition coefficient (Wildman–Crippen LogP) is 4.46. The number of Topliss-reactive ketones (excluding diaryl/α,β-unsaturated/α-hetero) is 2. The van der Waals surface area contributed by atoms with E-state index in [0.29, 0.717) is 0 Å². The summed E-state index contributed by atoms with van der Waals surface area (Å²) in [6, 6.07) is 32.5. The summed E-state index contributed by atoms with van der Waals surface area (Å²) in [6.45, 7) is 0. The van der Waals surface area contributed by atoms with Gasteiger partial charge in [-0.3, -0.25) is 23.7 Å². The Morgan fingerprint density at radius 1 is 0.720 bits per heavy atom. The fourth-order valence-electron chi connectivity index (χ4n) is 6.10. The molecule has 2 aromatic heterocycles. The third-order valence-corrected chi connectivity index (χ3v) is 8.61. The number of hydrogen-bond acceptors (Lipinski definition) is 10. The number of nitrogens with zero attached hydrogens (tertiary/aromatic N) is 5. The van der Waals surface area contributed by atoms with E-state index in [-0.39, 0.29) is 39.2 Å². The molecule has 1 saturated heterocycles. The molecule has 0 radical (unpaired) electrons. The molecule has 12 heteroatoms. The monoisotopic (exact) mass is 667 g/mol. The van der Waals surface area contributed by atoms with Gasteiger partial charge in [-0.05, 0) is 24.3 Å². The number of hydrogen-bond donors (Lipinski definition) is 2. The van der Waals surface area contributed by atoms with Crippen LogP contribution >= 0.6 is 0 Å². The molecule has 0 spiro atoms. The highest BCUT2D eigenvalue weighted by Gasteiger charge is 2.57. The Bertz CT molecular complexity index is 2150. The van der Waals surface area contributed by atoms with Crippen LogP contribution in [0.25, 0.3) is 11.2 Å². The van der Waals surface area contributed by atoms with Gasteiger partial charge >= 0.3 is 0 Å². The fourth-order valence-corrected chi connectivity index (χ4v) is 6.10. The van der Waals surface area contributed by atoms with Gasteiger partial charge < -0.3 is 14.9 Å². The van der Waals surface area contributed by atoms with E-state index < -0.39 is 53.8 Å². The molecule has 248 valence electrons. The molecule has 12 nitrogen and oxygen atoms in total. The molecule has 3 heterocycles. The molecule has 1 aliphatic heterocycles. The number of imidazole rings is 1. The number of ketones is 2. The minimum absolute atomic E-state index is 0.0481. The van der Waals surface area contributed by atoms with Crippen LogP contribution in [0, 0.1) is 0 Å². The number of carbonyl (C=O) groups is 4. The Balaban J connectivity index is 1.30. The van der Waals surface area contributed by atoms with Crippen molar-refractivity contribution in [2.24, 2.45) is 0 Å². The van der Waals surface area contributed by atoms with Crippen LogP contribution < -0.4 is 4.90 Å². The minimum atomic E-state index is -2.36. The highest BCUT2D eigenvalue weighted by atomic mass is 16.6. The van der Waals surface area contributed by atoms with Gasteiger partial charge in [0, 0.05) is 28.7 Å². The van der Waals surface area contributed by atoms with Crippen molar-refractivity contribution in [3.05, 3.63) is 156 Å². The molecule has 1 fully saturated rings. The van der Waals surface area contributed by atoms with Crippen molar-refractivity contribution in [3.8, 4) is 0 Å². The van der Waals surface area contributed by atoms with Gasteiger partial charge in [-0.15, -0.1) is 0 Å². The van der Waals surface area contributed by atoms with Crippen LogP contribution in [0.5, 0.6) is 0 Å². The lowest BCUT2D eigenvalue weighted by Crippen LogP contribution is -2.53. The molecule has 50 heavy (non-hydrogen) atoms. The smallest absolute Gasteiger partial charge is 0.266 e. The Morgan fingerprint density at radius 2 is 1.22 bits per heavy atom. The maximum atomic E-state index is 13.9. The number of aromatic nitrogens is 4. The van der Waals surface area contributed by atoms with E-state index in [1.807, 2.05) is 0 Å². The van der Waals surface area contributed by atoms with Gasteiger partial charge in [0.2, 0.25) is 0 Å². The SMILES string of the molecule is O=C(c1ccccc1)C(O)[C@H]1O[C@@H](n2cnc3c(N(C(=O)c4ccccc4)C(=O)c4ccccc4)ncnc32)C[C@@]1(O)C(=O)c1ccccc1. The number of fused-ring (bicyclic) bond motifs is 1. The molecular formula is C38H29N5O7. The summed E-state index contributed by atoms with van der Waals surface area (Å²) in [4.78, 5) is 69.2. The van der Waals surface area contributed by atoms with Crippen molar-refractivity contribution in [3.63, 3.8) is 0 Å². The van der Waals surface area contributed by atoms with Crippen LogP contribution in [-0.2, 0) is 4.74 Å². The van der Waals surface area contributed by atoms with Crippen molar-refractivity contribution < 1.29 is 34.1 Å². The van der Waals surface area contributed by atoms with Crippen molar-refractivity contribution in [1.82, 2.24) is 19.5 Å². The van der Waals surface area contributed by atoms with Gasteiger partial charge in [0.15, 0.2) is 34.1 Å². The number of carbonyl (C=O) groups excluding carboxylic acids is 4. The number of benzene rings is 4. The number of imide groups is 1. The lowest BCUT2D eigenvalue weighted by atomic mass is 9.82. The second-order valence-electron chi connectivity index (χ2n) is 11.7. The summed E-state index contributed by atoms with van der Waals surface area (Å²) in [6.07, 6.45) is -2.73. The first-order valence-corrected chi connectivity index (χ1v) is 15.7. The maximum absolute atomic E-state index is 13.9. The number of anilines is 1. The number of ether oxygens (including phenoxy) is 1. The fraction of sp³-hybridized carbons (Fsp3) is 0.132. The first-order chi connectivity index (χ1) is 24.3. The molecule has 0 bridgehead atoms. The first-order valence-electron chi connectivity index (χ1n) is 15.7. The minimum Gasteiger partial charge on any atom is -0.382 e. The normalized spacial score (nSPS) is 19.2. The Kier molecular flexibility index (Phi) is 8.64. The largest absolute Gasteiger partial charge is 0.382 e. The molecule has 7 rings (SSSR count). The molecular weight excluding hydrogens is 638 g/mol. The zero-order chi connectivity index (χ0) is 34.8. The van der Waals surface area contributed by atoms with E-state index in [9.17, 15) is 29.4 Å². The number of amides is 2. The van der Waals surface area contributed by atoms with Crippen molar-refractivity contribution >= 4 is 40.4 Å². The molecule has 1 aliphatic rings. The first kappa shape index (κ1) is 32.3. The number of aliphatic hydroxyl groups excluding tert-OH is 1. The molecule has 4 atom stereocenters. The third kappa shape index (κ3) is 5.77. The third-order valence-electron chi connectivity index (χ3n) is 8.61. The summed E-state index contributed by atoms with van der Waals surface area (Å²) >= 11 is 0. The molecule has 0 saturated carbocycles. The van der Waals surface area contributed by atoms with E-state index in [4.69, 9.17) is 4.74 Å². The van der Waals surface area contributed by atoms with Crippen LogP contribution in [0.4, 0.5) is 5.82 Å². The highest BCUT2D eigenvalue weighted by molar-refractivity contribution is 6.27. The quantitative estimate of drug-likeness (QED) is 0.166. The molecule has 2 amide bonds. The van der Waals surface area contributed by atoms with Gasteiger partial charge in [-0.1, -0.05) is 97.1 Å². The van der Waals surface area contributed by atoms with E-state index >= 15 is 0 Å². The molecule has 6 aromatic rings. The summed E-state index contributed by atoms with van der Waals surface area (Å²) in [5, 5.41) is 23.4. The van der Waals surface area contributed by atoms with Crippen molar-refractivity contribution in [2.75, 3.05) is 4.90 Å². The van der Waals surface area contributed by atoms with Crippen LogP contribution in [-0.4, -0.2) is 70.9 Å². The Labute approximate surface area is 285 Å². The predicted molar refractivity (Wildman–Crippen MR) is 180 cm³/mol. The van der Waals surface area contributed by atoms with E-state index in [1.165, 1.54) is 35.2 Å². The van der Waals surface area contributed by atoms with E-state index in [0.717, 1.165) is 11.2 Å². The van der Waals surface area contributed by atoms with Crippen LogP contribution in [0.3, 0.4) is 0 Å². The molecule has 0 aliphatic carbocycles. The summed E-state index contributed by atoms with van der Waals surface area (Å²) < 4.78 is 7.59. The topological polar surface area (TPSA) is 165 Å². The average Bonchev–Trinajstić information content (AvgIpc) is 3.77. The van der Waals surface area contributed by atoms with Gasteiger partial charge in [0.05, 0.1) is 6.33 Å². The van der Waals surface area contributed by atoms with Crippen molar-refractivity contribution in [1.29, 1.82) is 0 Å². The Morgan fingerprint density at radius 3 is 1.76 bits per heavy atom. The zero-order valence-corrected chi connectivity index (χ0v) is 26.3. The van der Waals surface area contributed by atoms with Gasteiger partial charge in [0.1, 0.15) is 24.8 Å². The number of rotatable bonds is 9. The standard InChI is InChI=1S/C38H29N5O7/c44-30(24-13-5-1-6-14-24)31(45)33-38(49,32(46)25-15-7-2-8-16-25)21-28(50-33)42-23-41-29-34(42)39-22-40-35(29)43(36(47)26-17-9-3-10-18-26)37(48)27-19-11-4-12-20-27/h1-20,22-23,28,31,33,45,49H,21H2/t28-,31?,33-,38-/m1/s1. The summed E-state index contributed by atoms with van der Waals surface area (Å²) in [5.74, 6) is -2.92. The second kappa shape index (κ2) is 13.4. The van der Waals surface area contributed by atoms with Gasteiger partial charge in [-0.25, -0.2) is 19.9 Å². The maximum Gasteiger partial charge on any atom is 0.266 e. The Hall–Kier alpha value is -6.21. The average molecular weight is 668 g/mol. The lowest BCUT2D eigenvalue weighted by Gasteiger charge is -2.29. The van der Waals surface area contributed by atoms with Crippen LogP contribution in [0.1, 0.15) is 54.1 Å². The number of aliphatic hydroxyl groups is 2. The van der Waals surface area contributed by atoms with Crippen LogP contribution in [0.2, 0.25) is 0 Å². The van der Waals surface area contributed by atoms with E-state index in [2.05, 4.69) is 15.0 Å². The van der Waals surface area contributed by atoms with Crippen molar-refractivity contribution in [2.45, 2.75) is 30.5 Å². The summed E-state index contributed by atoms with van der Waals surface area (Å²) in [7, 11) is 0. The van der Waals surface area contributed by atoms with Crippen LogP contribution in [0.15, 0.2) is 134 Å². The highest BCUT2D eigenvalue weighted by Crippen LogP contribution is 2.42. The van der Waals surface area contributed by atoms with Gasteiger partial charge in [0.25, 0.3) is 11.8 Å². The summed E-state index contributed by atoms with van der Waals surface area (Å²) in [5.41, 5.74) is -1.44. The van der Waals surface area contributed by atoms with E-state index in [1.54, 1.807) is 97.1 Å². The van der Waals surface area contributed by atoms with Gasteiger partial charge in [-0.2, -0.15) is 0 Å².